The second kappa shape index (κ2) is 9.61. The standard InChI is InChI=1S/C27H32N2/c1-6-8-9-10-11-12-18-29-25-15-14-23(21(4)20(3)13-7-2)22(5)27(25)24-16-17-28-19-26(24)29/h7,13-17,19H,6,8-11H2,1-5H3/b13-7-,21-20+. The van der Waals surface area contributed by atoms with Gasteiger partial charge in [-0.25, -0.2) is 0 Å². The Morgan fingerprint density at radius 3 is 2.69 bits per heavy atom. The summed E-state index contributed by atoms with van der Waals surface area (Å²) in [7, 11) is 0. The molecule has 0 aliphatic rings. The van der Waals surface area contributed by atoms with Crippen LogP contribution in [0.3, 0.4) is 0 Å². The molecule has 150 valence electrons. The van der Waals surface area contributed by atoms with Gasteiger partial charge in [0.05, 0.1) is 17.2 Å². The van der Waals surface area contributed by atoms with Gasteiger partial charge in [0.15, 0.2) is 0 Å². The number of aromatic nitrogens is 2. The number of unbranched alkanes of at least 4 members (excludes halogenated alkanes) is 4. The first-order valence-electron chi connectivity index (χ1n) is 10.8. The molecule has 2 heteroatoms. The third-order valence-electron chi connectivity index (χ3n) is 5.75. The third kappa shape index (κ3) is 4.30. The van der Waals surface area contributed by atoms with Crippen LogP contribution >= 0.6 is 0 Å². The summed E-state index contributed by atoms with van der Waals surface area (Å²) < 4.78 is 2.13. The summed E-state index contributed by atoms with van der Waals surface area (Å²) >= 11 is 0. The Labute approximate surface area is 175 Å². The van der Waals surface area contributed by atoms with E-state index in [9.17, 15) is 0 Å². The summed E-state index contributed by atoms with van der Waals surface area (Å²) in [6.07, 6.45) is 14.0. The van der Waals surface area contributed by atoms with Crippen molar-refractivity contribution in [1.82, 2.24) is 9.55 Å². The molecule has 0 unspecified atom stereocenters. The van der Waals surface area contributed by atoms with E-state index in [-0.39, 0.29) is 0 Å². The molecule has 29 heavy (non-hydrogen) atoms. The highest BCUT2D eigenvalue weighted by molar-refractivity contribution is 6.11. The summed E-state index contributed by atoms with van der Waals surface area (Å²) in [6.45, 7) is 10.9. The van der Waals surface area contributed by atoms with E-state index in [4.69, 9.17) is 0 Å². The highest BCUT2D eigenvalue weighted by Gasteiger charge is 2.15. The Kier molecular flexibility index (Phi) is 6.94. The van der Waals surface area contributed by atoms with Crippen molar-refractivity contribution in [3.8, 4) is 12.0 Å². The van der Waals surface area contributed by atoms with Crippen molar-refractivity contribution < 1.29 is 0 Å². The van der Waals surface area contributed by atoms with Gasteiger partial charge in [0.2, 0.25) is 0 Å². The first kappa shape index (κ1) is 20.9. The fourth-order valence-corrected chi connectivity index (χ4v) is 4.02. The summed E-state index contributed by atoms with van der Waals surface area (Å²) in [5.41, 5.74) is 7.49. The SMILES string of the molecule is C/C=C\C(C)=C(/C)c1ccc2c(c1C)c1ccncc1n2C#CCCCCCC. The number of allylic oxidation sites excluding steroid dienone is 4. The molecule has 2 heterocycles. The summed E-state index contributed by atoms with van der Waals surface area (Å²) in [5.74, 6) is 3.39. The molecule has 3 aromatic rings. The van der Waals surface area contributed by atoms with Crippen LogP contribution in [0.2, 0.25) is 0 Å². The van der Waals surface area contributed by atoms with E-state index in [1.165, 1.54) is 64.2 Å². The molecule has 0 saturated carbocycles. The molecule has 0 bridgehead atoms. The average Bonchev–Trinajstić information content (AvgIpc) is 3.05. The Bertz CT molecular complexity index is 1130. The molecule has 0 atom stereocenters. The minimum atomic E-state index is 0.947. The van der Waals surface area contributed by atoms with Crippen LogP contribution in [0.25, 0.3) is 27.4 Å². The molecule has 2 nitrogen and oxygen atoms in total. The maximum atomic E-state index is 4.37. The fraction of sp³-hybridized carbons (Fsp3) is 0.370. The van der Waals surface area contributed by atoms with E-state index < -0.39 is 0 Å². The predicted octanol–water partition coefficient (Wildman–Crippen LogP) is 7.65. The Balaban J connectivity index is 2.13. The number of nitrogens with zero attached hydrogens (tertiary/aromatic N) is 2. The van der Waals surface area contributed by atoms with E-state index in [0.717, 1.165) is 11.9 Å². The van der Waals surface area contributed by atoms with Gasteiger partial charge in [-0.2, -0.15) is 0 Å². The van der Waals surface area contributed by atoms with Crippen LogP contribution in [-0.4, -0.2) is 9.55 Å². The van der Waals surface area contributed by atoms with Crippen molar-refractivity contribution in [3.05, 3.63) is 59.4 Å². The van der Waals surface area contributed by atoms with Crippen molar-refractivity contribution in [2.24, 2.45) is 0 Å². The molecule has 0 amide bonds. The lowest BCUT2D eigenvalue weighted by Crippen LogP contribution is -1.92. The first-order chi connectivity index (χ1) is 14.1. The van der Waals surface area contributed by atoms with Crippen molar-refractivity contribution in [2.45, 2.75) is 66.7 Å². The van der Waals surface area contributed by atoms with E-state index in [1.807, 2.05) is 12.4 Å². The highest BCUT2D eigenvalue weighted by Crippen LogP contribution is 2.35. The van der Waals surface area contributed by atoms with Gasteiger partial charge >= 0.3 is 0 Å². The molecule has 0 aliphatic carbocycles. The monoisotopic (exact) mass is 384 g/mol. The zero-order chi connectivity index (χ0) is 20.8. The molecule has 0 radical (unpaired) electrons. The fourth-order valence-electron chi connectivity index (χ4n) is 4.02. The predicted molar refractivity (Wildman–Crippen MR) is 127 cm³/mol. The lowest BCUT2D eigenvalue weighted by atomic mass is 9.94. The van der Waals surface area contributed by atoms with Gasteiger partial charge in [-0.3, -0.25) is 9.55 Å². The van der Waals surface area contributed by atoms with E-state index in [2.05, 4.69) is 86.5 Å². The van der Waals surface area contributed by atoms with Crippen LogP contribution in [0.4, 0.5) is 0 Å². The lowest BCUT2D eigenvalue weighted by Gasteiger charge is -2.11. The summed E-state index contributed by atoms with van der Waals surface area (Å²) in [6, 6.07) is 9.99. The number of fused-ring (bicyclic) bond motifs is 3. The Morgan fingerprint density at radius 2 is 1.93 bits per heavy atom. The minimum absolute atomic E-state index is 0.947. The molecular formula is C27H32N2. The van der Waals surface area contributed by atoms with Gasteiger partial charge in [-0.15, -0.1) is 0 Å². The molecule has 0 saturated heterocycles. The van der Waals surface area contributed by atoms with E-state index >= 15 is 0 Å². The highest BCUT2D eigenvalue weighted by atomic mass is 15.0. The van der Waals surface area contributed by atoms with Gasteiger partial charge in [0.1, 0.15) is 0 Å². The molecule has 1 aromatic carbocycles. The quantitative estimate of drug-likeness (QED) is 0.242. The van der Waals surface area contributed by atoms with Crippen LogP contribution in [0.5, 0.6) is 0 Å². The average molecular weight is 385 g/mol. The number of pyridine rings is 1. The molecule has 2 aromatic heterocycles. The number of benzene rings is 1. The van der Waals surface area contributed by atoms with E-state index in [0.29, 0.717) is 0 Å². The number of rotatable bonds is 6. The number of hydrogen-bond donors (Lipinski definition) is 0. The van der Waals surface area contributed by atoms with Crippen LogP contribution in [-0.2, 0) is 0 Å². The van der Waals surface area contributed by atoms with Crippen molar-refractivity contribution in [3.63, 3.8) is 0 Å². The third-order valence-corrected chi connectivity index (χ3v) is 5.75. The zero-order valence-electron chi connectivity index (χ0n) is 18.5. The lowest BCUT2D eigenvalue weighted by molar-refractivity contribution is 0.679. The van der Waals surface area contributed by atoms with E-state index in [1.54, 1.807) is 0 Å². The molecule has 3 rings (SSSR count). The van der Waals surface area contributed by atoms with Crippen molar-refractivity contribution >= 4 is 27.4 Å². The normalized spacial score (nSPS) is 12.4. The zero-order valence-corrected chi connectivity index (χ0v) is 18.5. The minimum Gasteiger partial charge on any atom is -0.267 e. The smallest absolute Gasteiger partial charge is 0.0808 e. The topological polar surface area (TPSA) is 17.8 Å². The Hall–Kier alpha value is -2.79. The van der Waals surface area contributed by atoms with Crippen LogP contribution in [0, 0.1) is 18.9 Å². The molecule has 0 N–H and O–H groups in total. The van der Waals surface area contributed by atoms with Gasteiger partial charge in [0, 0.05) is 29.4 Å². The maximum absolute atomic E-state index is 4.37. The van der Waals surface area contributed by atoms with Gasteiger partial charge in [-0.1, -0.05) is 50.3 Å². The van der Waals surface area contributed by atoms with Crippen LogP contribution in [0.15, 0.2) is 48.3 Å². The van der Waals surface area contributed by atoms with Gasteiger partial charge in [0.25, 0.3) is 0 Å². The summed E-state index contributed by atoms with van der Waals surface area (Å²) in [4.78, 5) is 4.37. The van der Waals surface area contributed by atoms with Crippen LogP contribution < -0.4 is 0 Å². The second-order valence-corrected chi connectivity index (χ2v) is 7.77. The largest absolute Gasteiger partial charge is 0.267 e. The Morgan fingerprint density at radius 1 is 1.10 bits per heavy atom. The molecule has 0 fully saturated rings. The van der Waals surface area contributed by atoms with Crippen molar-refractivity contribution in [2.75, 3.05) is 0 Å². The number of aryl methyl sites for hydroxylation is 1. The molecule has 0 spiro atoms. The first-order valence-corrected chi connectivity index (χ1v) is 10.8. The van der Waals surface area contributed by atoms with Gasteiger partial charge in [-0.05, 0) is 68.5 Å². The molecule has 0 aliphatic heterocycles. The number of hydrogen-bond acceptors (Lipinski definition) is 1. The molecular weight excluding hydrogens is 352 g/mol. The summed E-state index contributed by atoms with van der Waals surface area (Å²) in [5, 5.41) is 2.51. The second-order valence-electron chi connectivity index (χ2n) is 7.77. The van der Waals surface area contributed by atoms with Crippen LogP contribution in [0.1, 0.15) is 70.9 Å². The van der Waals surface area contributed by atoms with Crippen molar-refractivity contribution in [1.29, 1.82) is 0 Å². The van der Waals surface area contributed by atoms with Gasteiger partial charge < -0.3 is 0 Å². The maximum Gasteiger partial charge on any atom is 0.0808 e.